The van der Waals surface area contributed by atoms with Crippen molar-refractivity contribution < 1.29 is 9.32 Å². The summed E-state index contributed by atoms with van der Waals surface area (Å²) >= 11 is 0. The standard InChI is InChI=1S/C25H20N8O2/c1-16-8-10-27-22(11-16)32-24-13-23(28-15-29-24)30-18-4-6-19(7-5-18)31-25(34)20-12-21(35-33-20)17-3-2-9-26-14-17/h2-15H,1H3,(H,31,34)(H2,27,28,29,30,32). The Morgan fingerprint density at radius 1 is 0.829 bits per heavy atom. The molecule has 0 aliphatic carbocycles. The number of anilines is 5. The van der Waals surface area contributed by atoms with E-state index in [-0.39, 0.29) is 11.6 Å². The summed E-state index contributed by atoms with van der Waals surface area (Å²) in [4.78, 5) is 29.4. The van der Waals surface area contributed by atoms with Crippen LogP contribution in [0.4, 0.5) is 28.8 Å². The molecule has 10 nitrogen and oxygen atoms in total. The largest absolute Gasteiger partial charge is 0.355 e. The monoisotopic (exact) mass is 464 g/mol. The number of nitrogens with one attached hydrogen (secondary N) is 3. The summed E-state index contributed by atoms with van der Waals surface area (Å²) in [6.45, 7) is 2.00. The van der Waals surface area contributed by atoms with Crippen LogP contribution in [-0.2, 0) is 0 Å². The molecule has 0 bridgehead atoms. The zero-order valence-electron chi connectivity index (χ0n) is 18.6. The van der Waals surface area contributed by atoms with Gasteiger partial charge in [0, 0.05) is 47.7 Å². The number of hydrogen-bond acceptors (Lipinski definition) is 9. The van der Waals surface area contributed by atoms with Crippen LogP contribution in [-0.4, -0.2) is 31.0 Å². The molecule has 172 valence electrons. The zero-order valence-corrected chi connectivity index (χ0v) is 18.6. The van der Waals surface area contributed by atoms with E-state index in [1.54, 1.807) is 48.9 Å². The lowest BCUT2D eigenvalue weighted by Gasteiger charge is -2.09. The zero-order chi connectivity index (χ0) is 24.0. The molecule has 35 heavy (non-hydrogen) atoms. The van der Waals surface area contributed by atoms with E-state index in [0.717, 1.165) is 16.8 Å². The van der Waals surface area contributed by atoms with Gasteiger partial charge in [0.2, 0.25) is 0 Å². The van der Waals surface area contributed by atoms with Crippen LogP contribution in [0.15, 0.2) is 90.1 Å². The van der Waals surface area contributed by atoms with Crippen molar-refractivity contribution in [1.29, 1.82) is 0 Å². The first kappa shape index (κ1) is 21.7. The molecule has 4 aromatic heterocycles. The van der Waals surface area contributed by atoms with Crippen LogP contribution >= 0.6 is 0 Å². The molecule has 5 rings (SSSR count). The summed E-state index contributed by atoms with van der Waals surface area (Å²) in [7, 11) is 0. The number of hydrogen-bond donors (Lipinski definition) is 3. The van der Waals surface area contributed by atoms with Gasteiger partial charge >= 0.3 is 0 Å². The maximum absolute atomic E-state index is 12.5. The van der Waals surface area contributed by atoms with E-state index in [0.29, 0.717) is 28.9 Å². The predicted molar refractivity (Wildman–Crippen MR) is 132 cm³/mol. The fraction of sp³-hybridized carbons (Fsp3) is 0.0400. The van der Waals surface area contributed by atoms with Crippen molar-refractivity contribution in [3.8, 4) is 11.3 Å². The van der Waals surface area contributed by atoms with Crippen molar-refractivity contribution in [3.63, 3.8) is 0 Å². The third kappa shape index (κ3) is 5.45. The predicted octanol–water partition coefficient (Wildman–Crippen LogP) is 4.97. The van der Waals surface area contributed by atoms with Crippen molar-refractivity contribution >= 4 is 34.7 Å². The number of pyridine rings is 2. The Morgan fingerprint density at radius 3 is 2.37 bits per heavy atom. The summed E-state index contributed by atoms with van der Waals surface area (Å²) in [5, 5.41) is 13.0. The third-order valence-corrected chi connectivity index (χ3v) is 4.94. The average Bonchev–Trinajstić information content (AvgIpc) is 3.37. The lowest BCUT2D eigenvalue weighted by Crippen LogP contribution is -2.12. The van der Waals surface area contributed by atoms with Gasteiger partial charge in [-0.1, -0.05) is 5.16 Å². The fourth-order valence-electron chi connectivity index (χ4n) is 3.24. The first-order valence-corrected chi connectivity index (χ1v) is 10.7. The molecule has 4 heterocycles. The number of rotatable bonds is 7. The lowest BCUT2D eigenvalue weighted by atomic mass is 10.2. The molecule has 1 amide bonds. The second kappa shape index (κ2) is 9.79. The summed E-state index contributed by atoms with van der Waals surface area (Å²) in [5.41, 5.74) is 3.42. The normalized spacial score (nSPS) is 10.5. The average molecular weight is 464 g/mol. The van der Waals surface area contributed by atoms with Gasteiger partial charge in [-0.05, 0) is 61.0 Å². The number of nitrogens with zero attached hydrogens (tertiary/aromatic N) is 5. The molecule has 0 radical (unpaired) electrons. The van der Waals surface area contributed by atoms with E-state index >= 15 is 0 Å². The minimum Gasteiger partial charge on any atom is -0.355 e. The van der Waals surface area contributed by atoms with Gasteiger partial charge in [0.15, 0.2) is 11.5 Å². The molecule has 1 aromatic carbocycles. The van der Waals surface area contributed by atoms with Gasteiger partial charge in [0.25, 0.3) is 5.91 Å². The second-order valence-electron chi connectivity index (χ2n) is 7.61. The van der Waals surface area contributed by atoms with Crippen LogP contribution in [0.25, 0.3) is 11.3 Å². The minimum absolute atomic E-state index is 0.176. The summed E-state index contributed by atoms with van der Waals surface area (Å²) in [5.74, 6) is 2.02. The summed E-state index contributed by atoms with van der Waals surface area (Å²) in [6.07, 6.45) is 6.51. The van der Waals surface area contributed by atoms with E-state index in [4.69, 9.17) is 4.52 Å². The highest BCUT2D eigenvalue weighted by Gasteiger charge is 2.14. The number of aryl methyl sites for hydroxylation is 1. The highest BCUT2D eigenvalue weighted by atomic mass is 16.5. The topological polar surface area (TPSA) is 131 Å². The van der Waals surface area contributed by atoms with E-state index in [1.165, 1.54) is 6.33 Å². The van der Waals surface area contributed by atoms with E-state index in [9.17, 15) is 4.79 Å². The van der Waals surface area contributed by atoms with Gasteiger partial charge in [0.1, 0.15) is 23.8 Å². The Hall–Kier alpha value is -5.12. The maximum Gasteiger partial charge on any atom is 0.277 e. The summed E-state index contributed by atoms with van der Waals surface area (Å²) < 4.78 is 5.27. The Labute approximate surface area is 200 Å². The van der Waals surface area contributed by atoms with Gasteiger partial charge in [0.05, 0.1) is 0 Å². The van der Waals surface area contributed by atoms with Crippen molar-refractivity contribution in [1.82, 2.24) is 25.1 Å². The van der Waals surface area contributed by atoms with Gasteiger partial charge in [-0.3, -0.25) is 9.78 Å². The van der Waals surface area contributed by atoms with Crippen molar-refractivity contribution in [3.05, 3.63) is 96.8 Å². The van der Waals surface area contributed by atoms with E-state index < -0.39 is 0 Å². The molecule has 0 fully saturated rings. The van der Waals surface area contributed by atoms with Crippen LogP contribution in [0.3, 0.4) is 0 Å². The molecule has 3 N–H and O–H groups in total. The van der Waals surface area contributed by atoms with Gasteiger partial charge in [-0.25, -0.2) is 15.0 Å². The molecule has 0 unspecified atom stereocenters. The third-order valence-electron chi connectivity index (χ3n) is 4.94. The Morgan fingerprint density at radius 2 is 1.60 bits per heavy atom. The SMILES string of the molecule is Cc1ccnc(Nc2cc(Nc3ccc(NC(=O)c4cc(-c5cccnc5)on4)cc3)ncn2)c1. The Bertz CT molecular complexity index is 1450. The van der Waals surface area contributed by atoms with Crippen LogP contribution < -0.4 is 16.0 Å². The lowest BCUT2D eigenvalue weighted by molar-refractivity contribution is 0.101. The number of aromatic nitrogens is 5. The molecule has 0 saturated carbocycles. The van der Waals surface area contributed by atoms with Crippen molar-refractivity contribution in [2.45, 2.75) is 6.92 Å². The van der Waals surface area contributed by atoms with E-state index in [2.05, 4.69) is 41.0 Å². The smallest absolute Gasteiger partial charge is 0.277 e. The highest BCUT2D eigenvalue weighted by Crippen LogP contribution is 2.22. The summed E-state index contributed by atoms with van der Waals surface area (Å²) in [6, 6.07) is 18.0. The molecule has 0 saturated heterocycles. The molecule has 5 aromatic rings. The van der Waals surface area contributed by atoms with Gasteiger partial charge in [-0.15, -0.1) is 0 Å². The second-order valence-corrected chi connectivity index (χ2v) is 7.61. The number of benzene rings is 1. The van der Waals surface area contributed by atoms with Crippen LogP contribution in [0.5, 0.6) is 0 Å². The Balaban J connectivity index is 1.21. The quantitative estimate of drug-likeness (QED) is 0.305. The number of carbonyl (C=O) groups excluding carboxylic acids is 1. The molecule has 0 spiro atoms. The maximum atomic E-state index is 12.5. The molecule has 0 atom stereocenters. The number of amides is 1. The van der Waals surface area contributed by atoms with Gasteiger partial charge in [-0.2, -0.15) is 0 Å². The fourth-order valence-corrected chi connectivity index (χ4v) is 3.24. The molecular weight excluding hydrogens is 444 g/mol. The van der Waals surface area contributed by atoms with Crippen LogP contribution in [0.2, 0.25) is 0 Å². The van der Waals surface area contributed by atoms with E-state index in [1.807, 2.05) is 37.3 Å². The van der Waals surface area contributed by atoms with Crippen molar-refractivity contribution in [2.75, 3.05) is 16.0 Å². The Kier molecular flexibility index (Phi) is 6.07. The molecule has 0 aliphatic heterocycles. The number of carbonyl (C=O) groups is 1. The minimum atomic E-state index is -0.374. The first-order chi connectivity index (χ1) is 17.1. The first-order valence-electron chi connectivity index (χ1n) is 10.7. The molecule has 10 heteroatoms. The molecular formula is C25H20N8O2. The van der Waals surface area contributed by atoms with Crippen LogP contribution in [0, 0.1) is 6.92 Å². The van der Waals surface area contributed by atoms with Gasteiger partial charge < -0.3 is 20.5 Å². The highest BCUT2D eigenvalue weighted by molar-refractivity contribution is 6.03. The van der Waals surface area contributed by atoms with Crippen molar-refractivity contribution in [2.24, 2.45) is 0 Å². The molecule has 0 aliphatic rings. The van der Waals surface area contributed by atoms with Crippen LogP contribution in [0.1, 0.15) is 16.1 Å².